The van der Waals surface area contributed by atoms with Crippen LogP contribution in [-0.2, 0) is 24.2 Å². The Bertz CT molecular complexity index is 1050. The predicted molar refractivity (Wildman–Crippen MR) is 133 cm³/mol. The van der Waals surface area contributed by atoms with Gasteiger partial charge in [0.1, 0.15) is 5.82 Å². The van der Waals surface area contributed by atoms with Crippen molar-refractivity contribution < 1.29 is 9.90 Å². The highest BCUT2D eigenvalue weighted by atomic mass is 35.5. The first-order chi connectivity index (χ1) is 15.5. The molecule has 0 aliphatic heterocycles. The Morgan fingerprint density at radius 1 is 1.12 bits per heavy atom. The van der Waals surface area contributed by atoms with Crippen molar-refractivity contribution >= 4 is 34.5 Å². The first-order valence-corrected chi connectivity index (χ1v) is 12.6. The molecule has 32 heavy (non-hydrogen) atoms. The number of nitrogens with zero attached hydrogens (tertiary/aromatic N) is 2. The standard InChI is InChI=1S/C26H31ClN2O2S/c1-3-5-12-21(22(26(30)31)16-20-11-9-15-32-20)24-17-28-25(14-6-4-2)29(24)18-19-10-7-8-13-23(19)27/h7-11,13,15,17H,3-6,12,14,16,18H2,1-2H3,(H,30,31). The summed E-state index contributed by atoms with van der Waals surface area (Å²) in [6.07, 6.45) is 7.90. The molecule has 0 bridgehead atoms. The molecule has 0 radical (unpaired) electrons. The lowest BCUT2D eigenvalue weighted by atomic mass is 9.96. The fourth-order valence-electron chi connectivity index (χ4n) is 3.85. The summed E-state index contributed by atoms with van der Waals surface area (Å²) >= 11 is 8.08. The number of hydrogen-bond acceptors (Lipinski definition) is 3. The van der Waals surface area contributed by atoms with Crippen LogP contribution in [0.3, 0.4) is 0 Å². The number of carboxylic acids is 1. The highest BCUT2D eigenvalue weighted by Crippen LogP contribution is 2.30. The van der Waals surface area contributed by atoms with Crippen molar-refractivity contribution in [3.63, 3.8) is 0 Å². The second-order valence-corrected chi connectivity index (χ2v) is 9.40. The summed E-state index contributed by atoms with van der Waals surface area (Å²) in [5.74, 6) is 0.127. The van der Waals surface area contributed by atoms with Crippen LogP contribution in [0, 0.1) is 0 Å². The number of allylic oxidation sites excluding steroid dienone is 1. The van der Waals surface area contributed by atoms with Crippen molar-refractivity contribution in [1.82, 2.24) is 9.55 Å². The highest BCUT2D eigenvalue weighted by molar-refractivity contribution is 7.09. The van der Waals surface area contributed by atoms with Gasteiger partial charge in [0.15, 0.2) is 0 Å². The number of aromatic nitrogens is 2. The molecule has 0 aliphatic rings. The third-order valence-corrected chi connectivity index (χ3v) is 6.87. The Labute approximate surface area is 199 Å². The molecule has 3 rings (SSSR count). The molecule has 0 fully saturated rings. The van der Waals surface area contributed by atoms with Crippen LogP contribution in [0.5, 0.6) is 0 Å². The summed E-state index contributed by atoms with van der Waals surface area (Å²) in [6.45, 7) is 4.87. The van der Waals surface area contributed by atoms with Crippen LogP contribution in [0.4, 0.5) is 0 Å². The molecular weight excluding hydrogens is 440 g/mol. The summed E-state index contributed by atoms with van der Waals surface area (Å²) in [5, 5.41) is 12.9. The van der Waals surface area contributed by atoms with Gasteiger partial charge in [-0.05, 0) is 47.9 Å². The summed E-state index contributed by atoms with van der Waals surface area (Å²) in [6, 6.07) is 11.8. The second kappa shape index (κ2) is 12.0. The molecule has 0 atom stereocenters. The lowest BCUT2D eigenvalue weighted by molar-refractivity contribution is -0.132. The van der Waals surface area contributed by atoms with Gasteiger partial charge >= 0.3 is 5.97 Å². The third-order valence-electron chi connectivity index (χ3n) is 5.62. The number of rotatable bonds is 12. The number of carbonyl (C=O) groups is 1. The zero-order chi connectivity index (χ0) is 22.9. The van der Waals surface area contributed by atoms with Gasteiger partial charge in [0, 0.05) is 28.3 Å². The zero-order valence-corrected chi connectivity index (χ0v) is 20.4. The Morgan fingerprint density at radius 2 is 1.91 bits per heavy atom. The first-order valence-electron chi connectivity index (χ1n) is 11.3. The minimum absolute atomic E-state index is 0.424. The van der Waals surface area contributed by atoms with Gasteiger partial charge in [-0.1, -0.05) is 62.6 Å². The van der Waals surface area contributed by atoms with E-state index in [4.69, 9.17) is 16.6 Å². The van der Waals surface area contributed by atoms with E-state index in [2.05, 4.69) is 18.4 Å². The van der Waals surface area contributed by atoms with Gasteiger partial charge in [0.2, 0.25) is 0 Å². The molecule has 0 aliphatic carbocycles. The monoisotopic (exact) mass is 470 g/mol. The predicted octanol–water partition coefficient (Wildman–Crippen LogP) is 7.26. The molecule has 0 unspecified atom stereocenters. The van der Waals surface area contributed by atoms with Crippen LogP contribution < -0.4 is 0 Å². The average molecular weight is 471 g/mol. The molecule has 0 saturated carbocycles. The number of carboxylic acid groups (broad SMARTS) is 1. The first kappa shape index (κ1) is 24.3. The van der Waals surface area contributed by atoms with Gasteiger partial charge < -0.3 is 9.67 Å². The lowest BCUT2D eigenvalue weighted by Gasteiger charge is -2.18. The van der Waals surface area contributed by atoms with Gasteiger partial charge in [0.25, 0.3) is 0 Å². The van der Waals surface area contributed by atoms with E-state index in [0.29, 0.717) is 30.0 Å². The van der Waals surface area contributed by atoms with Crippen LogP contribution in [0.2, 0.25) is 5.02 Å². The van der Waals surface area contributed by atoms with E-state index in [1.165, 1.54) is 0 Å². The topological polar surface area (TPSA) is 55.1 Å². The van der Waals surface area contributed by atoms with Gasteiger partial charge in [0.05, 0.1) is 18.4 Å². The number of aryl methyl sites for hydroxylation is 1. The number of aliphatic carboxylic acids is 1. The molecule has 0 saturated heterocycles. The molecule has 0 spiro atoms. The SMILES string of the molecule is CCCCC(=C(Cc1cccs1)C(=O)O)c1cnc(CCCC)n1Cc1ccccc1Cl. The van der Waals surface area contributed by atoms with Crippen LogP contribution in [0.15, 0.2) is 53.5 Å². The largest absolute Gasteiger partial charge is 0.478 e. The quantitative estimate of drug-likeness (QED) is 0.283. The molecular formula is C26H31ClN2O2S. The molecule has 2 aromatic heterocycles. The fourth-order valence-corrected chi connectivity index (χ4v) is 4.76. The van der Waals surface area contributed by atoms with Crippen LogP contribution in [-0.4, -0.2) is 20.6 Å². The van der Waals surface area contributed by atoms with E-state index < -0.39 is 5.97 Å². The molecule has 4 nitrogen and oxygen atoms in total. The van der Waals surface area contributed by atoms with E-state index in [1.54, 1.807) is 11.3 Å². The van der Waals surface area contributed by atoms with Gasteiger partial charge in [-0.15, -0.1) is 11.3 Å². The maximum absolute atomic E-state index is 12.4. The Kier molecular flexibility index (Phi) is 9.12. The lowest BCUT2D eigenvalue weighted by Crippen LogP contribution is -2.13. The van der Waals surface area contributed by atoms with E-state index in [0.717, 1.165) is 59.6 Å². The van der Waals surface area contributed by atoms with Crippen molar-refractivity contribution in [2.75, 3.05) is 0 Å². The summed E-state index contributed by atoms with van der Waals surface area (Å²) in [5.41, 5.74) is 3.26. The minimum atomic E-state index is -0.856. The zero-order valence-electron chi connectivity index (χ0n) is 18.8. The Balaban J connectivity index is 2.13. The molecule has 1 aromatic carbocycles. The number of halogens is 1. The Morgan fingerprint density at radius 3 is 2.56 bits per heavy atom. The average Bonchev–Trinajstić information content (AvgIpc) is 3.43. The third kappa shape index (κ3) is 6.11. The van der Waals surface area contributed by atoms with Crippen molar-refractivity contribution in [1.29, 1.82) is 0 Å². The van der Waals surface area contributed by atoms with Gasteiger partial charge in [-0.2, -0.15) is 0 Å². The van der Waals surface area contributed by atoms with E-state index in [-0.39, 0.29) is 0 Å². The van der Waals surface area contributed by atoms with E-state index >= 15 is 0 Å². The molecule has 0 amide bonds. The van der Waals surface area contributed by atoms with Crippen molar-refractivity contribution in [3.8, 4) is 0 Å². The van der Waals surface area contributed by atoms with Crippen molar-refractivity contribution in [3.05, 3.63) is 80.5 Å². The fraction of sp³-hybridized carbons (Fsp3) is 0.385. The van der Waals surface area contributed by atoms with E-state index in [9.17, 15) is 9.90 Å². The summed E-state index contributed by atoms with van der Waals surface area (Å²) in [4.78, 5) is 18.2. The Hall–Kier alpha value is -2.37. The highest BCUT2D eigenvalue weighted by Gasteiger charge is 2.22. The van der Waals surface area contributed by atoms with Crippen LogP contribution in [0.1, 0.15) is 67.9 Å². The molecule has 2 heterocycles. The maximum atomic E-state index is 12.4. The molecule has 1 N–H and O–H groups in total. The second-order valence-electron chi connectivity index (χ2n) is 7.96. The van der Waals surface area contributed by atoms with Crippen molar-refractivity contribution in [2.24, 2.45) is 0 Å². The van der Waals surface area contributed by atoms with Crippen LogP contribution in [0.25, 0.3) is 5.57 Å². The van der Waals surface area contributed by atoms with Gasteiger partial charge in [-0.25, -0.2) is 9.78 Å². The number of thiophene rings is 1. The summed E-state index contributed by atoms with van der Waals surface area (Å²) in [7, 11) is 0. The molecule has 170 valence electrons. The summed E-state index contributed by atoms with van der Waals surface area (Å²) < 4.78 is 2.18. The van der Waals surface area contributed by atoms with E-state index in [1.807, 2.05) is 48.0 Å². The van der Waals surface area contributed by atoms with Gasteiger partial charge in [-0.3, -0.25) is 0 Å². The number of hydrogen-bond donors (Lipinski definition) is 1. The smallest absolute Gasteiger partial charge is 0.332 e. The molecule has 6 heteroatoms. The minimum Gasteiger partial charge on any atom is -0.478 e. The number of unbranched alkanes of at least 4 members (excludes halogenated alkanes) is 2. The maximum Gasteiger partial charge on any atom is 0.332 e. The number of imidazole rings is 1. The molecule has 3 aromatic rings. The normalized spacial score (nSPS) is 12.1. The van der Waals surface area contributed by atoms with Crippen molar-refractivity contribution in [2.45, 2.75) is 65.3 Å². The number of benzene rings is 1. The van der Waals surface area contributed by atoms with Crippen LogP contribution >= 0.6 is 22.9 Å².